The van der Waals surface area contributed by atoms with E-state index in [0.29, 0.717) is 10.6 Å². The van der Waals surface area contributed by atoms with E-state index in [1.54, 1.807) is 31.3 Å². The van der Waals surface area contributed by atoms with Gasteiger partial charge in [-0.15, -0.1) is 0 Å². The van der Waals surface area contributed by atoms with Gasteiger partial charge in [-0.05, 0) is 67.6 Å². The Bertz CT molecular complexity index is 875. The number of benzene rings is 2. The summed E-state index contributed by atoms with van der Waals surface area (Å²) in [5, 5.41) is 2.56. The van der Waals surface area contributed by atoms with Gasteiger partial charge in [0.2, 0.25) is 5.91 Å². The van der Waals surface area contributed by atoms with E-state index in [2.05, 4.69) is 10.0 Å². The number of anilines is 1. The molecule has 0 bridgehead atoms. The minimum atomic E-state index is -3.69. The van der Waals surface area contributed by atoms with Crippen LogP contribution in [-0.2, 0) is 21.2 Å². The van der Waals surface area contributed by atoms with Crippen molar-refractivity contribution in [2.45, 2.75) is 39.0 Å². The van der Waals surface area contributed by atoms with Crippen molar-refractivity contribution in [1.29, 1.82) is 0 Å². The first-order valence-corrected chi connectivity index (χ1v) is 9.53. The third kappa shape index (κ3) is 4.20. The topological polar surface area (TPSA) is 75.3 Å². The van der Waals surface area contributed by atoms with E-state index in [4.69, 9.17) is 0 Å². The first kappa shape index (κ1) is 19.0. The Balaban J connectivity index is 2.33. The molecule has 6 heteroatoms. The van der Waals surface area contributed by atoms with Crippen molar-refractivity contribution >= 4 is 21.6 Å². The van der Waals surface area contributed by atoms with Crippen LogP contribution in [0, 0.1) is 27.7 Å². The number of likely N-dealkylation sites (N-methyl/N-ethyl adjacent to an activating group) is 1. The van der Waals surface area contributed by atoms with Gasteiger partial charge in [-0.25, -0.2) is 8.42 Å². The Morgan fingerprint density at radius 2 is 1.48 bits per heavy atom. The molecule has 0 unspecified atom stereocenters. The average molecular weight is 360 g/mol. The van der Waals surface area contributed by atoms with Gasteiger partial charge >= 0.3 is 0 Å². The molecular formula is C19H24N2O3S. The van der Waals surface area contributed by atoms with Gasteiger partial charge in [-0.3, -0.25) is 9.52 Å². The highest BCUT2D eigenvalue weighted by Crippen LogP contribution is 2.27. The summed E-state index contributed by atoms with van der Waals surface area (Å²) in [5.41, 5.74) is 4.70. The first-order valence-electron chi connectivity index (χ1n) is 8.05. The minimum Gasteiger partial charge on any atom is -0.359 e. The summed E-state index contributed by atoms with van der Waals surface area (Å²) in [6.45, 7) is 7.47. The van der Waals surface area contributed by atoms with Gasteiger partial charge in [0.25, 0.3) is 10.0 Å². The molecule has 2 aromatic carbocycles. The molecule has 0 heterocycles. The van der Waals surface area contributed by atoms with Crippen molar-refractivity contribution in [2.24, 2.45) is 0 Å². The highest BCUT2D eigenvalue weighted by atomic mass is 32.2. The average Bonchev–Trinajstić information content (AvgIpc) is 2.54. The molecule has 25 heavy (non-hydrogen) atoms. The maximum Gasteiger partial charge on any atom is 0.262 e. The zero-order valence-electron chi connectivity index (χ0n) is 15.2. The standard InChI is InChI=1S/C19H24N2O3S/c1-12-10-13(2)15(4)19(14(12)3)25(23,24)21-17-8-6-16(7-9-17)11-18(22)20-5/h6-10,21H,11H2,1-5H3,(H,20,22). The van der Waals surface area contributed by atoms with Crippen LogP contribution in [0.5, 0.6) is 0 Å². The summed E-state index contributed by atoms with van der Waals surface area (Å²) >= 11 is 0. The molecule has 0 saturated carbocycles. The number of carbonyl (C=O) groups excluding carboxylic acids is 1. The van der Waals surface area contributed by atoms with Crippen molar-refractivity contribution in [3.05, 3.63) is 58.1 Å². The number of sulfonamides is 1. The molecule has 2 rings (SSSR count). The highest BCUT2D eigenvalue weighted by Gasteiger charge is 2.22. The number of aryl methyl sites for hydroxylation is 2. The van der Waals surface area contributed by atoms with E-state index in [1.165, 1.54) is 0 Å². The maximum atomic E-state index is 12.9. The van der Waals surface area contributed by atoms with Crippen molar-refractivity contribution in [2.75, 3.05) is 11.8 Å². The Morgan fingerprint density at radius 1 is 0.960 bits per heavy atom. The van der Waals surface area contributed by atoms with E-state index >= 15 is 0 Å². The summed E-state index contributed by atoms with van der Waals surface area (Å²) in [7, 11) is -2.11. The molecule has 0 aliphatic heterocycles. The number of nitrogens with one attached hydrogen (secondary N) is 2. The molecule has 2 aromatic rings. The number of carbonyl (C=O) groups is 1. The smallest absolute Gasteiger partial charge is 0.262 e. The fraction of sp³-hybridized carbons (Fsp3) is 0.316. The lowest BCUT2D eigenvalue weighted by Crippen LogP contribution is -2.20. The third-order valence-corrected chi connectivity index (χ3v) is 6.07. The zero-order chi connectivity index (χ0) is 18.8. The summed E-state index contributed by atoms with van der Waals surface area (Å²) in [4.78, 5) is 11.7. The Morgan fingerprint density at radius 3 is 1.96 bits per heavy atom. The van der Waals surface area contributed by atoms with Crippen LogP contribution >= 0.6 is 0 Å². The normalized spacial score (nSPS) is 11.2. The van der Waals surface area contributed by atoms with Crippen LogP contribution in [0.15, 0.2) is 35.2 Å². The molecular weight excluding hydrogens is 336 g/mol. The molecule has 5 nitrogen and oxygen atoms in total. The van der Waals surface area contributed by atoms with Gasteiger partial charge < -0.3 is 5.32 Å². The molecule has 1 amide bonds. The summed E-state index contributed by atoms with van der Waals surface area (Å²) < 4.78 is 28.4. The second-order valence-corrected chi connectivity index (χ2v) is 7.86. The molecule has 0 atom stereocenters. The summed E-state index contributed by atoms with van der Waals surface area (Å²) in [5.74, 6) is -0.0881. The van der Waals surface area contributed by atoms with E-state index in [-0.39, 0.29) is 12.3 Å². The monoisotopic (exact) mass is 360 g/mol. The molecule has 0 radical (unpaired) electrons. The van der Waals surface area contributed by atoms with E-state index in [1.807, 2.05) is 33.8 Å². The van der Waals surface area contributed by atoms with Crippen molar-refractivity contribution < 1.29 is 13.2 Å². The molecule has 0 spiro atoms. The number of hydrogen-bond donors (Lipinski definition) is 2. The molecule has 0 aliphatic carbocycles. The van der Waals surface area contributed by atoms with Gasteiger partial charge in [0.15, 0.2) is 0 Å². The largest absolute Gasteiger partial charge is 0.359 e. The van der Waals surface area contributed by atoms with Gasteiger partial charge in [0, 0.05) is 12.7 Å². The van der Waals surface area contributed by atoms with Crippen LogP contribution in [-0.4, -0.2) is 21.4 Å². The van der Waals surface area contributed by atoms with Gasteiger partial charge in [-0.1, -0.05) is 18.2 Å². The predicted octanol–water partition coefficient (Wildman–Crippen LogP) is 3.01. The zero-order valence-corrected chi connectivity index (χ0v) is 16.0. The van der Waals surface area contributed by atoms with Gasteiger partial charge in [-0.2, -0.15) is 0 Å². The molecule has 2 N–H and O–H groups in total. The fourth-order valence-electron chi connectivity index (χ4n) is 2.75. The number of amides is 1. The third-order valence-electron chi connectivity index (χ3n) is 4.42. The maximum absolute atomic E-state index is 12.9. The fourth-order valence-corrected chi connectivity index (χ4v) is 4.43. The first-order chi connectivity index (χ1) is 11.7. The van der Waals surface area contributed by atoms with Crippen molar-refractivity contribution in [1.82, 2.24) is 5.32 Å². The number of rotatable bonds is 5. The van der Waals surface area contributed by atoms with E-state index < -0.39 is 10.0 Å². The molecule has 0 saturated heterocycles. The lowest BCUT2D eigenvalue weighted by atomic mass is 10.0. The summed E-state index contributed by atoms with van der Waals surface area (Å²) in [6, 6.07) is 8.83. The molecule has 0 aliphatic rings. The number of hydrogen-bond acceptors (Lipinski definition) is 3. The van der Waals surface area contributed by atoms with Crippen molar-refractivity contribution in [3.8, 4) is 0 Å². The SMILES string of the molecule is CNC(=O)Cc1ccc(NS(=O)(=O)c2c(C)c(C)cc(C)c2C)cc1. The van der Waals surface area contributed by atoms with Gasteiger partial charge in [0.1, 0.15) is 0 Å². The lowest BCUT2D eigenvalue weighted by Gasteiger charge is -2.17. The van der Waals surface area contributed by atoms with Crippen LogP contribution in [0.4, 0.5) is 5.69 Å². The Kier molecular flexibility index (Phi) is 5.52. The lowest BCUT2D eigenvalue weighted by molar-refractivity contribution is -0.119. The second kappa shape index (κ2) is 7.27. The van der Waals surface area contributed by atoms with Crippen LogP contribution in [0.1, 0.15) is 27.8 Å². The van der Waals surface area contributed by atoms with E-state index in [0.717, 1.165) is 27.8 Å². The van der Waals surface area contributed by atoms with Gasteiger partial charge in [0.05, 0.1) is 11.3 Å². The molecule has 134 valence electrons. The highest BCUT2D eigenvalue weighted by molar-refractivity contribution is 7.92. The van der Waals surface area contributed by atoms with Crippen LogP contribution in [0.2, 0.25) is 0 Å². The van der Waals surface area contributed by atoms with Crippen molar-refractivity contribution in [3.63, 3.8) is 0 Å². The Labute approximate surface area is 149 Å². The van der Waals surface area contributed by atoms with Crippen LogP contribution < -0.4 is 10.0 Å². The quantitative estimate of drug-likeness (QED) is 0.861. The predicted molar refractivity (Wildman–Crippen MR) is 100 cm³/mol. The minimum absolute atomic E-state index is 0.0881. The Hall–Kier alpha value is -2.34. The summed E-state index contributed by atoms with van der Waals surface area (Å²) in [6.07, 6.45) is 0.263. The van der Waals surface area contributed by atoms with Crippen LogP contribution in [0.25, 0.3) is 0 Å². The van der Waals surface area contributed by atoms with Crippen LogP contribution in [0.3, 0.4) is 0 Å². The second-order valence-electron chi connectivity index (χ2n) is 6.24. The molecule has 0 aromatic heterocycles. The van der Waals surface area contributed by atoms with E-state index in [9.17, 15) is 13.2 Å². The molecule has 0 fully saturated rings.